The second-order valence-corrected chi connectivity index (χ2v) is 4.54. The summed E-state index contributed by atoms with van der Waals surface area (Å²) >= 11 is 0. The fourth-order valence-corrected chi connectivity index (χ4v) is 1.80. The Bertz CT molecular complexity index is 579. The fourth-order valence-electron chi connectivity index (χ4n) is 1.80. The number of aromatic nitrogens is 2. The molecule has 0 amide bonds. The number of rotatable bonds is 4. The van der Waals surface area contributed by atoms with Crippen LogP contribution in [0.3, 0.4) is 0 Å². The monoisotopic (exact) mass is 257 g/mol. The van der Waals surface area contributed by atoms with Gasteiger partial charge in [-0.3, -0.25) is 0 Å². The van der Waals surface area contributed by atoms with Gasteiger partial charge in [0.2, 0.25) is 5.82 Å². The van der Waals surface area contributed by atoms with Crippen LogP contribution in [0.15, 0.2) is 36.7 Å². The first-order chi connectivity index (χ1) is 9.06. The Morgan fingerprint density at radius 3 is 2.47 bits per heavy atom. The number of carbonyl (C=O) groups is 1. The van der Waals surface area contributed by atoms with Crippen LogP contribution in [0.1, 0.15) is 16.2 Å². The van der Waals surface area contributed by atoms with Gasteiger partial charge >= 0.3 is 5.97 Å². The van der Waals surface area contributed by atoms with E-state index in [1.807, 2.05) is 26.2 Å². The van der Waals surface area contributed by atoms with Crippen molar-refractivity contribution >= 4 is 5.97 Å². The van der Waals surface area contributed by atoms with Crippen LogP contribution in [0, 0.1) is 0 Å². The van der Waals surface area contributed by atoms with Crippen LogP contribution in [-0.2, 0) is 6.54 Å². The van der Waals surface area contributed by atoms with Gasteiger partial charge < -0.3 is 10.0 Å². The summed E-state index contributed by atoms with van der Waals surface area (Å²) in [7, 11) is 4.02. The van der Waals surface area contributed by atoms with E-state index in [9.17, 15) is 4.79 Å². The second kappa shape index (κ2) is 5.58. The molecule has 0 aliphatic heterocycles. The lowest BCUT2D eigenvalue weighted by molar-refractivity contribution is 0.0683. The molecule has 0 atom stereocenters. The zero-order chi connectivity index (χ0) is 13.8. The standard InChI is InChI=1S/C14H15N3O2/c1-17(2)9-10-4-3-5-11(6-10)12-7-15-13(14(18)19)16-8-12/h3-8H,9H2,1-2H3,(H,18,19). The molecule has 0 radical (unpaired) electrons. The molecule has 0 unspecified atom stereocenters. The van der Waals surface area contributed by atoms with Gasteiger partial charge in [-0.1, -0.05) is 18.2 Å². The zero-order valence-electron chi connectivity index (χ0n) is 10.9. The highest BCUT2D eigenvalue weighted by Gasteiger charge is 2.07. The molecule has 98 valence electrons. The van der Waals surface area contributed by atoms with E-state index in [4.69, 9.17) is 5.11 Å². The molecule has 1 heterocycles. The van der Waals surface area contributed by atoms with E-state index in [0.29, 0.717) is 0 Å². The Morgan fingerprint density at radius 2 is 1.89 bits per heavy atom. The minimum absolute atomic E-state index is 0.187. The first-order valence-corrected chi connectivity index (χ1v) is 5.85. The molecule has 5 heteroatoms. The van der Waals surface area contributed by atoms with Crippen LogP contribution in [0.2, 0.25) is 0 Å². The van der Waals surface area contributed by atoms with Crippen LogP contribution in [0.25, 0.3) is 11.1 Å². The summed E-state index contributed by atoms with van der Waals surface area (Å²) in [6.45, 7) is 0.849. The lowest BCUT2D eigenvalue weighted by atomic mass is 10.1. The quantitative estimate of drug-likeness (QED) is 0.906. The van der Waals surface area contributed by atoms with Gasteiger partial charge in [0.05, 0.1) is 0 Å². The maximum absolute atomic E-state index is 10.7. The Balaban J connectivity index is 2.28. The average molecular weight is 257 g/mol. The van der Waals surface area contributed by atoms with Gasteiger partial charge in [-0.2, -0.15) is 0 Å². The number of hydrogen-bond donors (Lipinski definition) is 1. The minimum atomic E-state index is -1.12. The number of nitrogens with zero attached hydrogens (tertiary/aromatic N) is 3. The Morgan fingerprint density at radius 1 is 1.21 bits per heavy atom. The normalized spacial score (nSPS) is 10.7. The predicted molar refractivity (Wildman–Crippen MR) is 71.8 cm³/mol. The van der Waals surface area contributed by atoms with E-state index < -0.39 is 5.97 Å². The van der Waals surface area contributed by atoms with Crippen LogP contribution in [0.5, 0.6) is 0 Å². The van der Waals surface area contributed by atoms with Crippen molar-refractivity contribution in [1.82, 2.24) is 14.9 Å². The van der Waals surface area contributed by atoms with Crippen molar-refractivity contribution in [2.45, 2.75) is 6.54 Å². The maximum Gasteiger partial charge on any atom is 0.373 e. The van der Waals surface area contributed by atoms with Gasteiger partial charge in [0.1, 0.15) is 0 Å². The van der Waals surface area contributed by atoms with Gasteiger partial charge in [-0.05, 0) is 31.3 Å². The molecule has 0 aliphatic carbocycles. The Kier molecular flexibility index (Phi) is 3.87. The molecule has 0 aliphatic rings. The molecular formula is C14H15N3O2. The molecule has 1 aromatic carbocycles. The highest BCUT2D eigenvalue weighted by Crippen LogP contribution is 2.19. The molecular weight excluding hydrogens is 242 g/mol. The number of carboxylic acid groups (broad SMARTS) is 1. The highest BCUT2D eigenvalue weighted by atomic mass is 16.4. The molecule has 19 heavy (non-hydrogen) atoms. The lowest BCUT2D eigenvalue weighted by Gasteiger charge is -2.10. The number of hydrogen-bond acceptors (Lipinski definition) is 4. The zero-order valence-corrected chi connectivity index (χ0v) is 10.9. The smallest absolute Gasteiger partial charge is 0.373 e. The second-order valence-electron chi connectivity index (χ2n) is 4.54. The summed E-state index contributed by atoms with van der Waals surface area (Å²) in [5.41, 5.74) is 2.98. The van der Waals surface area contributed by atoms with Crippen molar-refractivity contribution in [3.8, 4) is 11.1 Å². The molecule has 2 rings (SSSR count). The molecule has 0 bridgehead atoms. The summed E-state index contributed by atoms with van der Waals surface area (Å²) in [5, 5.41) is 8.76. The molecule has 1 N–H and O–H groups in total. The van der Waals surface area contributed by atoms with E-state index in [1.54, 1.807) is 0 Å². The minimum Gasteiger partial charge on any atom is -0.475 e. The van der Waals surface area contributed by atoms with E-state index in [0.717, 1.165) is 17.7 Å². The van der Waals surface area contributed by atoms with E-state index in [1.165, 1.54) is 18.0 Å². The average Bonchev–Trinajstić information content (AvgIpc) is 2.38. The van der Waals surface area contributed by atoms with Crippen molar-refractivity contribution < 1.29 is 9.90 Å². The first-order valence-electron chi connectivity index (χ1n) is 5.85. The predicted octanol–water partition coefficient (Wildman–Crippen LogP) is 1.90. The molecule has 2 aromatic rings. The van der Waals surface area contributed by atoms with Crippen molar-refractivity contribution in [3.63, 3.8) is 0 Å². The molecule has 1 aromatic heterocycles. The highest BCUT2D eigenvalue weighted by molar-refractivity contribution is 5.83. The van der Waals surface area contributed by atoms with Gasteiger partial charge in [0.25, 0.3) is 0 Å². The summed E-state index contributed by atoms with van der Waals surface area (Å²) in [6.07, 6.45) is 3.07. The van der Waals surface area contributed by atoms with Crippen LogP contribution in [0.4, 0.5) is 0 Å². The van der Waals surface area contributed by atoms with Gasteiger partial charge in [0, 0.05) is 24.5 Å². The SMILES string of the molecule is CN(C)Cc1cccc(-c2cnc(C(=O)O)nc2)c1. The van der Waals surface area contributed by atoms with Crippen molar-refractivity contribution in [2.24, 2.45) is 0 Å². The lowest BCUT2D eigenvalue weighted by Crippen LogP contribution is -2.10. The van der Waals surface area contributed by atoms with Crippen molar-refractivity contribution in [1.29, 1.82) is 0 Å². The molecule has 5 nitrogen and oxygen atoms in total. The summed E-state index contributed by atoms with van der Waals surface area (Å²) in [5.74, 6) is -1.30. The first kappa shape index (κ1) is 13.2. The molecule has 0 spiro atoms. The largest absolute Gasteiger partial charge is 0.475 e. The summed E-state index contributed by atoms with van der Waals surface area (Å²) < 4.78 is 0. The van der Waals surface area contributed by atoms with Crippen LogP contribution < -0.4 is 0 Å². The van der Waals surface area contributed by atoms with Gasteiger partial charge in [-0.25, -0.2) is 14.8 Å². The third-order valence-electron chi connectivity index (χ3n) is 2.60. The van der Waals surface area contributed by atoms with E-state index in [2.05, 4.69) is 27.0 Å². The maximum atomic E-state index is 10.7. The molecule has 0 fully saturated rings. The summed E-state index contributed by atoms with van der Waals surface area (Å²) in [4.78, 5) is 20.4. The van der Waals surface area contributed by atoms with Crippen LogP contribution >= 0.6 is 0 Å². The van der Waals surface area contributed by atoms with Crippen molar-refractivity contribution in [2.75, 3.05) is 14.1 Å². The van der Waals surface area contributed by atoms with E-state index in [-0.39, 0.29) is 5.82 Å². The third-order valence-corrected chi connectivity index (χ3v) is 2.60. The van der Waals surface area contributed by atoms with Gasteiger partial charge in [0.15, 0.2) is 0 Å². The Hall–Kier alpha value is -2.27. The third kappa shape index (κ3) is 3.35. The summed E-state index contributed by atoms with van der Waals surface area (Å²) in [6, 6.07) is 8.03. The number of carboxylic acids is 1. The Labute approximate surface area is 111 Å². The molecule has 0 saturated heterocycles. The topological polar surface area (TPSA) is 66.3 Å². The van der Waals surface area contributed by atoms with Gasteiger partial charge in [-0.15, -0.1) is 0 Å². The number of benzene rings is 1. The van der Waals surface area contributed by atoms with E-state index >= 15 is 0 Å². The molecule has 0 saturated carbocycles. The fraction of sp³-hybridized carbons (Fsp3) is 0.214. The van der Waals surface area contributed by atoms with Crippen molar-refractivity contribution in [3.05, 3.63) is 48.0 Å². The van der Waals surface area contributed by atoms with Crippen LogP contribution in [-0.4, -0.2) is 40.0 Å². The number of aromatic carboxylic acids is 1.